The molecule has 2 heterocycles. The average Bonchev–Trinajstić information content (AvgIpc) is 2.82. The number of pyridine rings is 1. The van der Waals surface area contributed by atoms with E-state index in [1.165, 1.54) is 10.7 Å². The van der Waals surface area contributed by atoms with Gasteiger partial charge in [-0.1, -0.05) is 6.07 Å². The third-order valence-electron chi connectivity index (χ3n) is 4.39. The second-order valence-electron chi connectivity index (χ2n) is 5.75. The Balaban J connectivity index is 1.67. The van der Waals surface area contributed by atoms with E-state index in [2.05, 4.69) is 4.98 Å². The van der Waals surface area contributed by atoms with Crippen molar-refractivity contribution in [1.82, 2.24) is 4.98 Å². The van der Waals surface area contributed by atoms with E-state index in [-0.39, 0.29) is 17.5 Å². The number of hydrogen-bond donors (Lipinski definition) is 0. The van der Waals surface area contributed by atoms with Crippen LogP contribution in [0.2, 0.25) is 0 Å². The summed E-state index contributed by atoms with van der Waals surface area (Å²) in [5.74, 6) is 0.491. The Hall–Kier alpha value is -1.14. The molecule has 5 nitrogen and oxygen atoms in total. The highest BCUT2D eigenvalue weighted by molar-refractivity contribution is 7.92. The van der Waals surface area contributed by atoms with Crippen molar-refractivity contribution in [2.45, 2.75) is 43.8 Å². The zero-order valence-corrected chi connectivity index (χ0v) is 12.5. The molecule has 0 bridgehead atoms. The van der Waals surface area contributed by atoms with Crippen LogP contribution in [0, 0.1) is 0 Å². The normalized spacial score (nSPS) is 24.6. The van der Waals surface area contributed by atoms with Gasteiger partial charge in [0.05, 0.1) is 17.5 Å². The van der Waals surface area contributed by atoms with E-state index in [1.807, 2.05) is 0 Å². The van der Waals surface area contributed by atoms with Crippen LogP contribution in [0.3, 0.4) is 0 Å². The van der Waals surface area contributed by atoms with Crippen molar-refractivity contribution in [3.8, 4) is 0 Å². The first-order valence-corrected chi connectivity index (χ1v) is 8.67. The fraction of sp³-hybridized carbons (Fsp3) is 0.643. The van der Waals surface area contributed by atoms with Crippen molar-refractivity contribution >= 4 is 15.8 Å². The summed E-state index contributed by atoms with van der Waals surface area (Å²) in [5.41, 5.74) is 0.00373. The summed E-state index contributed by atoms with van der Waals surface area (Å²) in [6.07, 6.45) is 6.63. The zero-order chi connectivity index (χ0) is 14.2. The monoisotopic (exact) mass is 296 g/mol. The van der Waals surface area contributed by atoms with Gasteiger partial charge in [-0.15, -0.1) is 0 Å². The summed E-state index contributed by atoms with van der Waals surface area (Å²) in [7, 11) is -1.84. The molecule has 1 saturated carbocycles. The lowest BCUT2D eigenvalue weighted by Crippen LogP contribution is -2.39. The number of rotatable bonds is 4. The Labute approximate surface area is 120 Å². The quantitative estimate of drug-likeness (QED) is 0.852. The number of nitrogens with zero attached hydrogens (tertiary/aromatic N) is 2. The Bertz CT molecular complexity index is 569. The number of aromatic nitrogens is 1. The first-order valence-electron chi connectivity index (χ1n) is 7.06. The molecule has 1 aromatic rings. The molecule has 1 spiro atoms. The maximum atomic E-state index is 12.4. The molecule has 6 heteroatoms. The molecule has 1 aromatic heterocycles. The minimum atomic E-state index is -3.39. The molecule has 1 aliphatic heterocycles. The number of ether oxygens (including phenoxy) is 1. The van der Waals surface area contributed by atoms with Gasteiger partial charge in [0.15, 0.2) is 0 Å². The predicted molar refractivity (Wildman–Crippen MR) is 77.1 cm³/mol. The van der Waals surface area contributed by atoms with Gasteiger partial charge in [-0.25, -0.2) is 13.4 Å². The summed E-state index contributed by atoms with van der Waals surface area (Å²) in [5, 5.41) is 0. The standard InChI is InChI=1S/C14H20N2O3S/c1-16(13-5-2-3-10-15-13)20(17,18)11-12-6-9-14(19-12)7-4-8-14/h2-3,5,10,12H,4,6-9,11H2,1H3. The van der Waals surface area contributed by atoms with Gasteiger partial charge in [-0.3, -0.25) is 4.31 Å². The van der Waals surface area contributed by atoms with Crippen molar-refractivity contribution in [3.63, 3.8) is 0 Å². The molecule has 1 atom stereocenters. The molecule has 20 heavy (non-hydrogen) atoms. The van der Waals surface area contributed by atoms with E-state index in [0.717, 1.165) is 25.7 Å². The fourth-order valence-electron chi connectivity index (χ4n) is 2.98. The molecule has 0 N–H and O–H groups in total. The van der Waals surface area contributed by atoms with E-state index in [1.54, 1.807) is 31.4 Å². The molecular formula is C14H20N2O3S. The molecule has 0 amide bonds. The van der Waals surface area contributed by atoms with Gasteiger partial charge in [-0.05, 0) is 44.2 Å². The Morgan fingerprint density at radius 1 is 1.40 bits per heavy atom. The molecule has 3 rings (SSSR count). The van der Waals surface area contributed by atoms with E-state index in [0.29, 0.717) is 5.82 Å². The van der Waals surface area contributed by atoms with E-state index < -0.39 is 10.0 Å². The molecular weight excluding hydrogens is 276 g/mol. The molecule has 110 valence electrons. The SMILES string of the molecule is CN(c1ccccn1)S(=O)(=O)CC1CCC2(CCC2)O1. The molecule has 0 radical (unpaired) electrons. The first-order chi connectivity index (χ1) is 9.51. The van der Waals surface area contributed by atoms with Gasteiger partial charge in [0.2, 0.25) is 10.0 Å². The van der Waals surface area contributed by atoms with Gasteiger partial charge >= 0.3 is 0 Å². The number of sulfonamides is 1. The van der Waals surface area contributed by atoms with Crippen LogP contribution in [0.4, 0.5) is 5.82 Å². The molecule has 1 aliphatic carbocycles. The lowest BCUT2D eigenvalue weighted by molar-refractivity contribution is -0.0842. The van der Waals surface area contributed by atoms with Crippen LogP contribution in [0.15, 0.2) is 24.4 Å². The van der Waals surface area contributed by atoms with Gasteiger partial charge in [0, 0.05) is 13.2 Å². The third kappa shape index (κ3) is 2.54. The first kappa shape index (κ1) is 13.8. The van der Waals surface area contributed by atoms with Crippen LogP contribution in [0.1, 0.15) is 32.1 Å². The highest BCUT2D eigenvalue weighted by Gasteiger charge is 2.46. The zero-order valence-electron chi connectivity index (χ0n) is 11.7. The second kappa shape index (κ2) is 5.00. The van der Waals surface area contributed by atoms with Crippen molar-refractivity contribution in [3.05, 3.63) is 24.4 Å². The van der Waals surface area contributed by atoms with Crippen LogP contribution in [-0.4, -0.2) is 37.9 Å². The van der Waals surface area contributed by atoms with E-state index in [9.17, 15) is 8.42 Å². The Morgan fingerprint density at radius 3 is 2.75 bits per heavy atom. The topological polar surface area (TPSA) is 59.5 Å². The maximum Gasteiger partial charge on any atom is 0.238 e. The number of hydrogen-bond acceptors (Lipinski definition) is 4. The summed E-state index contributed by atoms with van der Waals surface area (Å²) < 4.78 is 32.1. The average molecular weight is 296 g/mol. The molecule has 1 unspecified atom stereocenters. The van der Waals surface area contributed by atoms with Crippen LogP contribution in [0.25, 0.3) is 0 Å². The highest BCUT2D eigenvalue weighted by Crippen LogP contribution is 2.45. The lowest BCUT2D eigenvalue weighted by atomic mass is 9.78. The van der Waals surface area contributed by atoms with Crippen LogP contribution in [0.5, 0.6) is 0 Å². The minimum Gasteiger partial charge on any atom is -0.371 e. The molecule has 2 fully saturated rings. The summed E-state index contributed by atoms with van der Waals surface area (Å²) in [6, 6.07) is 5.24. The summed E-state index contributed by atoms with van der Waals surface area (Å²) in [6.45, 7) is 0. The highest BCUT2D eigenvalue weighted by atomic mass is 32.2. The summed E-state index contributed by atoms with van der Waals surface area (Å²) >= 11 is 0. The van der Waals surface area contributed by atoms with Crippen molar-refractivity contribution in [2.24, 2.45) is 0 Å². The van der Waals surface area contributed by atoms with Gasteiger partial charge in [-0.2, -0.15) is 0 Å². The van der Waals surface area contributed by atoms with Gasteiger partial charge in [0.1, 0.15) is 5.82 Å². The Morgan fingerprint density at radius 2 is 2.20 bits per heavy atom. The lowest BCUT2D eigenvalue weighted by Gasteiger charge is -2.38. The largest absolute Gasteiger partial charge is 0.371 e. The predicted octanol–water partition coefficient (Wildman–Crippen LogP) is 1.95. The van der Waals surface area contributed by atoms with E-state index >= 15 is 0 Å². The van der Waals surface area contributed by atoms with E-state index in [4.69, 9.17) is 4.74 Å². The maximum absolute atomic E-state index is 12.4. The number of anilines is 1. The van der Waals surface area contributed by atoms with Crippen LogP contribution < -0.4 is 4.31 Å². The van der Waals surface area contributed by atoms with Crippen LogP contribution >= 0.6 is 0 Å². The second-order valence-corrected chi connectivity index (χ2v) is 7.79. The fourth-order valence-corrected chi connectivity index (χ4v) is 4.30. The van der Waals surface area contributed by atoms with Crippen molar-refractivity contribution in [2.75, 3.05) is 17.1 Å². The van der Waals surface area contributed by atoms with Crippen molar-refractivity contribution in [1.29, 1.82) is 0 Å². The van der Waals surface area contributed by atoms with Gasteiger partial charge < -0.3 is 4.74 Å². The van der Waals surface area contributed by atoms with Gasteiger partial charge in [0.25, 0.3) is 0 Å². The molecule has 0 aromatic carbocycles. The Kier molecular flexibility index (Phi) is 3.46. The minimum absolute atomic E-state index is 0.00373. The summed E-state index contributed by atoms with van der Waals surface area (Å²) in [4.78, 5) is 4.08. The van der Waals surface area contributed by atoms with Crippen molar-refractivity contribution < 1.29 is 13.2 Å². The molecule has 2 aliphatic rings. The third-order valence-corrected chi connectivity index (χ3v) is 6.20. The van der Waals surface area contributed by atoms with Crippen LogP contribution in [-0.2, 0) is 14.8 Å². The molecule has 1 saturated heterocycles. The smallest absolute Gasteiger partial charge is 0.238 e.